The lowest BCUT2D eigenvalue weighted by Crippen LogP contribution is -2.48. The minimum absolute atomic E-state index is 0.0576. The zero-order valence-corrected chi connectivity index (χ0v) is 13.4. The lowest BCUT2D eigenvalue weighted by atomic mass is 10.0. The summed E-state index contributed by atoms with van der Waals surface area (Å²) in [5.41, 5.74) is 0. The standard InChI is InChI=1S/C15H30N2O3/c1-10(2)7-6-8-12(5)16-15(20)17-13(14(18)19)9-11(3)4/h10-13H,6-9H2,1-5H3,(H,18,19)(H2,16,17,20)/t12-,13-/m0/s1. The molecule has 0 saturated carbocycles. The lowest BCUT2D eigenvalue weighted by Gasteiger charge is -2.19. The molecule has 0 spiro atoms. The fourth-order valence-corrected chi connectivity index (χ4v) is 2.02. The van der Waals surface area contributed by atoms with Crippen molar-refractivity contribution in [3.8, 4) is 0 Å². The van der Waals surface area contributed by atoms with E-state index in [2.05, 4.69) is 24.5 Å². The minimum Gasteiger partial charge on any atom is -0.480 e. The normalized spacial score (nSPS) is 14.2. The average Bonchev–Trinajstić information content (AvgIpc) is 2.26. The Morgan fingerprint density at radius 3 is 2.00 bits per heavy atom. The molecule has 0 bridgehead atoms. The predicted octanol–water partition coefficient (Wildman–Crippen LogP) is 3.00. The third-order valence-corrected chi connectivity index (χ3v) is 3.11. The molecule has 0 radical (unpaired) electrons. The Bertz CT molecular complexity index is 303. The van der Waals surface area contributed by atoms with Crippen molar-refractivity contribution in [3.63, 3.8) is 0 Å². The van der Waals surface area contributed by atoms with Crippen molar-refractivity contribution < 1.29 is 14.7 Å². The van der Waals surface area contributed by atoms with Gasteiger partial charge in [-0.3, -0.25) is 0 Å². The Labute approximate surface area is 122 Å². The molecule has 0 fully saturated rings. The maximum absolute atomic E-state index is 11.8. The summed E-state index contributed by atoms with van der Waals surface area (Å²) in [5.74, 6) is -0.0976. The fourth-order valence-electron chi connectivity index (χ4n) is 2.02. The highest BCUT2D eigenvalue weighted by Crippen LogP contribution is 2.08. The molecule has 0 unspecified atom stereocenters. The van der Waals surface area contributed by atoms with Crippen LogP contribution in [0.1, 0.15) is 60.3 Å². The van der Waals surface area contributed by atoms with Gasteiger partial charge in [-0.05, 0) is 31.6 Å². The van der Waals surface area contributed by atoms with E-state index in [1.807, 2.05) is 20.8 Å². The summed E-state index contributed by atoms with van der Waals surface area (Å²) in [6.07, 6.45) is 3.55. The van der Waals surface area contributed by atoms with Gasteiger partial charge in [-0.25, -0.2) is 9.59 Å². The molecule has 0 saturated heterocycles. The Hall–Kier alpha value is -1.26. The predicted molar refractivity (Wildman–Crippen MR) is 80.7 cm³/mol. The third kappa shape index (κ3) is 9.64. The van der Waals surface area contributed by atoms with Gasteiger partial charge in [0.15, 0.2) is 0 Å². The van der Waals surface area contributed by atoms with E-state index >= 15 is 0 Å². The second-order valence-electron chi connectivity index (χ2n) is 6.36. The Balaban J connectivity index is 4.08. The van der Waals surface area contributed by atoms with Crippen molar-refractivity contribution >= 4 is 12.0 Å². The highest BCUT2D eigenvalue weighted by atomic mass is 16.4. The van der Waals surface area contributed by atoms with Gasteiger partial charge in [-0.2, -0.15) is 0 Å². The van der Waals surface area contributed by atoms with Gasteiger partial charge in [0.05, 0.1) is 0 Å². The van der Waals surface area contributed by atoms with Gasteiger partial charge in [0.2, 0.25) is 0 Å². The van der Waals surface area contributed by atoms with Crippen molar-refractivity contribution in [2.75, 3.05) is 0 Å². The van der Waals surface area contributed by atoms with Gasteiger partial charge in [0, 0.05) is 6.04 Å². The zero-order valence-electron chi connectivity index (χ0n) is 13.4. The highest BCUT2D eigenvalue weighted by Gasteiger charge is 2.21. The molecule has 0 aromatic rings. The maximum Gasteiger partial charge on any atom is 0.326 e. The van der Waals surface area contributed by atoms with Crippen LogP contribution in [-0.2, 0) is 4.79 Å². The number of carbonyl (C=O) groups is 2. The summed E-state index contributed by atoms with van der Waals surface area (Å²) >= 11 is 0. The first kappa shape index (κ1) is 18.7. The van der Waals surface area contributed by atoms with E-state index in [1.54, 1.807) is 0 Å². The summed E-state index contributed by atoms with van der Waals surface area (Å²) in [5, 5.41) is 14.4. The Kier molecular flexibility index (Phi) is 9.01. The quantitative estimate of drug-likeness (QED) is 0.609. The van der Waals surface area contributed by atoms with Crippen LogP contribution in [0, 0.1) is 11.8 Å². The molecular formula is C15H30N2O3. The van der Waals surface area contributed by atoms with E-state index in [1.165, 1.54) is 0 Å². The van der Waals surface area contributed by atoms with E-state index in [0.29, 0.717) is 12.3 Å². The second kappa shape index (κ2) is 9.61. The van der Waals surface area contributed by atoms with Crippen LogP contribution >= 0.6 is 0 Å². The van der Waals surface area contributed by atoms with Crippen LogP contribution in [-0.4, -0.2) is 29.2 Å². The largest absolute Gasteiger partial charge is 0.480 e. The van der Waals surface area contributed by atoms with Crippen molar-refractivity contribution in [1.82, 2.24) is 10.6 Å². The number of hydrogen-bond acceptors (Lipinski definition) is 2. The zero-order chi connectivity index (χ0) is 15.7. The van der Waals surface area contributed by atoms with Crippen LogP contribution in [0.3, 0.4) is 0 Å². The summed E-state index contributed by atoms with van der Waals surface area (Å²) in [6, 6.07) is -1.16. The van der Waals surface area contributed by atoms with E-state index in [0.717, 1.165) is 19.3 Å². The molecule has 0 aliphatic heterocycles. The van der Waals surface area contributed by atoms with E-state index in [-0.39, 0.29) is 12.0 Å². The second-order valence-corrected chi connectivity index (χ2v) is 6.36. The van der Waals surface area contributed by atoms with Crippen LogP contribution in [0.2, 0.25) is 0 Å². The number of rotatable bonds is 9. The monoisotopic (exact) mass is 286 g/mol. The number of hydrogen-bond donors (Lipinski definition) is 3. The number of nitrogens with one attached hydrogen (secondary N) is 2. The molecule has 0 aliphatic rings. The number of urea groups is 1. The van der Waals surface area contributed by atoms with Crippen molar-refractivity contribution in [3.05, 3.63) is 0 Å². The minimum atomic E-state index is -0.985. The van der Waals surface area contributed by atoms with Crippen LogP contribution in [0.4, 0.5) is 4.79 Å². The Morgan fingerprint density at radius 1 is 0.950 bits per heavy atom. The SMILES string of the molecule is CC(C)CCC[C@H](C)NC(=O)N[C@@H](CC(C)C)C(=O)O. The van der Waals surface area contributed by atoms with Crippen molar-refractivity contribution in [2.24, 2.45) is 11.8 Å². The summed E-state index contributed by atoms with van der Waals surface area (Å²) in [7, 11) is 0. The first-order valence-electron chi connectivity index (χ1n) is 7.52. The van der Waals surface area contributed by atoms with Gasteiger partial charge in [0.25, 0.3) is 0 Å². The number of carboxylic acids is 1. The highest BCUT2D eigenvalue weighted by molar-refractivity contribution is 5.82. The molecule has 0 aliphatic carbocycles. The van der Waals surface area contributed by atoms with Crippen LogP contribution in [0.5, 0.6) is 0 Å². The van der Waals surface area contributed by atoms with Gasteiger partial charge in [0.1, 0.15) is 6.04 Å². The molecule has 0 rings (SSSR count). The first-order chi connectivity index (χ1) is 9.22. The first-order valence-corrected chi connectivity index (χ1v) is 7.52. The number of carbonyl (C=O) groups excluding carboxylic acids is 1. The van der Waals surface area contributed by atoms with Crippen LogP contribution in [0.25, 0.3) is 0 Å². The van der Waals surface area contributed by atoms with Crippen molar-refractivity contribution in [1.29, 1.82) is 0 Å². The Morgan fingerprint density at radius 2 is 1.55 bits per heavy atom. The van der Waals surface area contributed by atoms with Crippen LogP contribution in [0.15, 0.2) is 0 Å². The summed E-state index contributed by atoms with van der Waals surface area (Å²) < 4.78 is 0. The van der Waals surface area contributed by atoms with Crippen molar-refractivity contribution in [2.45, 2.75) is 72.4 Å². The number of aliphatic carboxylic acids is 1. The molecule has 20 heavy (non-hydrogen) atoms. The molecule has 0 heterocycles. The topological polar surface area (TPSA) is 78.4 Å². The molecule has 0 aromatic carbocycles. The molecule has 0 aromatic heterocycles. The third-order valence-electron chi connectivity index (χ3n) is 3.11. The molecule has 5 nitrogen and oxygen atoms in total. The maximum atomic E-state index is 11.8. The molecule has 5 heteroatoms. The summed E-state index contributed by atoms with van der Waals surface area (Å²) in [4.78, 5) is 22.8. The molecule has 2 amide bonds. The van der Waals surface area contributed by atoms with E-state index < -0.39 is 18.0 Å². The molecule has 118 valence electrons. The smallest absolute Gasteiger partial charge is 0.326 e. The van der Waals surface area contributed by atoms with Gasteiger partial charge in [-0.1, -0.05) is 40.5 Å². The molecular weight excluding hydrogens is 256 g/mol. The van der Waals surface area contributed by atoms with Gasteiger partial charge < -0.3 is 15.7 Å². The lowest BCUT2D eigenvalue weighted by molar-refractivity contribution is -0.139. The molecule has 3 N–H and O–H groups in total. The van der Waals surface area contributed by atoms with E-state index in [9.17, 15) is 9.59 Å². The van der Waals surface area contributed by atoms with E-state index in [4.69, 9.17) is 5.11 Å². The summed E-state index contributed by atoms with van der Waals surface area (Å²) in [6.45, 7) is 10.2. The number of carboxylic acid groups (broad SMARTS) is 1. The average molecular weight is 286 g/mol. The van der Waals surface area contributed by atoms with Gasteiger partial charge in [-0.15, -0.1) is 0 Å². The van der Waals surface area contributed by atoms with Gasteiger partial charge >= 0.3 is 12.0 Å². The fraction of sp³-hybridized carbons (Fsp3) is 0.867. The number of amides is 2. The molecule has 2 atom stereocenters. The van der Waals surface area contributed by atoms with Crippen LogP contribution < -0.4 is 10.6 Å².